The topological polar surface area (TPSA) is 12.4 Å². The van der Waals surface area contributed by atoms with E-state index in [0.717, 1.165) is 39.9 Å². The minimum Gasteiger partial charge on any atom is -0.247 e. The summed E-state index contributed by atoms with van der Waals surface area (Å²) in [6.07, 6.45) is 14.0. The van der Waals surface area contributed by atoms with Gasteiger partial charge in [-0.1, -0.05) is 43.7 Å². The minimum absolute atomic E-state index is 0.755. The molecule has 0 aliphatic heterocycles. The molecule has 2 fully saturated rings. The van der Waals surface area contributed by atoms with Crippen molar-refractivity contribution in [2.75, 3.05) is 0 Å². The third kappa shape index (κ3) is 5.26. The van der Waals surface area contributed by atoms with Crippen LogP contribution in [0.5, 0.6) is 0 Å². The first-order valence-corrected chi connectivity index (χ1v) is 10.1. The lowest BCUT2D eigenvalue weighted by Crippen LogP contribution is -2.24. The highest BCUT2D eigenvalue weighted by atomic mass is 35.5. The van der Waals surface area contributed by atoms with Gasteiger partial charge in [-0.3, -0.25) is 0 Å². The number of aliphatic imine (C=N–C) groups is 1. The molecule has 2 aliphatic carbocycles. The van der Waals surface area contributed by atoms with Crippen LogP contribution >= 0.6 is 24.2 Å². The van der Waals surface area contributed by atoms with Gasteiger partial charge < -0.3 is 0 Å². The van der Waals surface area contributed by atoms with E-state index < -0.39 is 0 Å². The summed E-state index contributed by atoms with van der Waals surface area (Å²) in [7, 11) is 0. The fourth-order valence-electron chi connectivity index (χ4n) is 4.44. The maximum atomic E-state index is 5.91. The molecule has 0 spiro atoms. The molecule has 1 aromatic carbocycles. The van der Waals surface area contributed by atoms with E-state index in [2.05, 4.69) is 17.6 Å². The molecule has 2 aliphatic rings. The zero-order valence-electron chi connectivity index (χ0n) is 13.9. The van der Waals surface area contributed by atoms with Gasteiger partial charge >= 0.3 is 0 Å². The van der Waals surface area contributed by atoms with Crippen molar-refractivity contribution in [1.82, 2.24) is 0 Å². The summed E-state index contributed by atoms with van der Waals surface area (Å²) in [5.41, 5.74) is 0.954. The molecule has 23 heavy (non-hydrogen) atoms. The molecule has 2 saturated carbocycles. The molecule has 0 N–H and O–H groups in total. The lowest BCUT2D eigenvalue weighted by Gasteiger charge is -2.35. The molecule has 0 heterocycles. The van der Waals surface area contributed by atoms with Gasteiger partial charge in [0.05, 0.1) is 10.7 Å². The summed E-state index contributed by atoms with van der Waals surface area (Å²) < 4.78 is 0. The first-order valence-electron chi connectivity index (χ1n) is 9.23. The van der Waals surface area contributed by atoms with Gasteiger partial charge in [0.25, 0.3) is 0 Å². The fraction of sp³-hybridized carbons (Fsp3) is 0.650. The van der Waals surface area contributed by atoms with E-state index in [1.54, 1.807) is 0 Å². The molecule has 0 radical (unpaired) electrons. The monoisotopic (exact) mass is 349 g/mol. The van der Waals surface area contributed by atoms with Crippen LogP contribution < -0.4 is 0 Å². The normalized spacial score (nSPS) is 27.1. The van der Waals surface area contributed by atoms with Crippen molar-refractivity contribution in [2.24, 2.45) is 22.7 Å². The molecule has 0 aromatic heterocycles. The summed E-state index contributed by atoms with van der Waals surface area (Å²) in [5, 5.41) is 1.72. The number of nitrogens with zero attached hydrogens (tertiary/aromatic N) is 1. The van der Waals surface area contributed by atoms with E-state index in [4.69, 9.17) is 11.6 Å². The first-order chi connectivity index (χ1) is 11.2. The Morgan fingerprint density at radius 3 is 2.17 bits per heavy atom. The molecule has 3 heteroatoms. The van der Waals surface area contributed by atoms with Crippen LogP contribution in [0.1, 0.15) is 64.2 Å². The molecule has 3 rings (SSSR count). The average Bonchev–Trinajstić information content (AvgIpc) is 2.58. The van der Waals surface area contributed by atoms with Crippen LogP contribution in [0.3, 0.4) is 0 Å². The van der Waals surface area contributed by atoms with Crippen molar-refractivity contribution >= 4 is 35.0 Å². The molecular weight excluding hydrogens is 322 g/mol. The summed E-state index contributed by atoms with van der Waals surface area (Å²) >= 11 is 10.5. The molecule has 0 atom stereocenters. The van der Waals surface area contributed by atoms with Crippen molar-refractivity contribution in [3.05, 3.63) is 29.3 Å². The van der Waals surface area contributed by atoms with Crippen molar-refractivity contribution in [3.63, 3.8) is 0 Å². The smallest absolute Gasteiger partial charge is 0.0710 e. The van der Waals surface area contributed by atoms with Gasteiger partial charge in [0.2, 0.25) is 0 Å². The average molecular weight is 350 g/mol. The van der Waals surface area contributed by atoms with Crippen molar-refractivity contribution < 1.29 is 0 Å². The zero-order chi connectivity index (χ0) is 16.1. The molecule has 0 amide bonds. The fourth-order valence-corrected chi connectivity index (χ4v) is 4.94. The minimum atomic E-state index is 0.755. The van der Waals surface area contributed by atoms with E-state index >= 15 is 0 Å². The van der Waals surface area contributed by atoms with Crippen LogP contribution in [0.4, 0.5) is 5.69 Å². The number of halogens is 1. The molecule has 0 saturated heterocycles. The Balaban J connectivity index is 1.47. The number of benzene rings is 1. The van der Waals surface area contributed by atoms with Gasteiger partial charge in [-0.05, 0) is 74.1 Å². The molecule has 1 nitrogen and oxygen atoms in total. The van der Waals surface area contributed by atoms with Crippen molar-refractivity contribution in [1.29, 1.82) is 0 Å². The Morgan fingerprint density at radius 1 is 0.913 bits per heavy atom. The Kier molecular flexibility index (Phi) is 6.47. The summed E-state index contributed by atoms with van der Waals surface area (Å²) in [6, 6.07) is 7.69. The maximum absolute atomic E-state index is 5.91. The van der Waals surface area contributed by atoms with E-state index in [1.165, 1.54) is 57.8 Å². The van der Waals surface area contributed by atoms with Crippen LogP contribution in [0.2, 0.25) is 5.02 Å². The van der Waals surface area contributed by atoms with Crippen LogP contribution in [0.25, 0.3) is 0 Å². The van der Waals surface area contributed by atoms with Crippen LogP contribution in [0, 0.1) is 17.8 Å². The third-order valence-electron chi connectivity index (χ3n) is 5.76. The Bertz CT molecular complexity index is 511. The molecule has 0 unspecified atom stereocenters. The Labute approximate surface area is 151 Å². The molecule has 0 bridgehead atoms. The van der Waals surface area contributed by atoms with Crippen LogP contribution in [-0.2, 0) is 0 Å². The predicted octanol–water partition coefficient (Wildman–Crippen LogP) is 7.08. The number of hydrogen-bond donors (Lipinski definition) is 1. The summed E-state index contributed by atoms with van der Waals surface area (Å²) in [6.45, 7) is 0. The van der Waals surface area contributed by atoms with E-state index in [9.17, 15) is 0 Å². The lowest BCUT2D eigenvalue weighted by molar-refractivity contribution is 0.169. The van der Waals surface area contributed by atoms with Crippen LogP contribution in [0.15, 0.2) is 29.3 Å². The molecular formula is C20H28ClNS. The van der Waals surface area contributed by atoms with Gasteiger partial charge in [0.15, 0.2) is 0 Å². The van der Waals surface area contributed by atoms with Crippen LogP contribution in [-0.4, -0.2) is 5.04 Å². The van der Waals surface area contributed by atoms with Gasteiger partial charge in [-0.2, -0.15) is 0 Å². The number of thiol groups is 1. The van der Waals surface area contributed by atoms with Gasteiger partial charge in [-0.15, -0.1) is 12.6 Å². The summed E-state index contributed by atoms with van der Waals surface area (Å²) in [5.74, 6) is 2.81. The Hall–Kier alpha value is -0.470. The van der Waals surface area contributed by atoms with Gasteiger partial charge in [0, 0.05) is 5.02 Å². The zero-order valence-corrected chi connectivity index (χ0v) is 15.5. The highest BCUT2D eigenvalue weighted by molar-refractivity contribution is 7.97. The third-order valence-corrected chi connectivity index (χ3v) is 6.30. The lowest BCUT2D eigenvalue weighted by atomic mass is 9.70. The second-order valence-corrected chi connectivity index (χ2v) is 8.34. The number of rotatable bonds is 4. The Morgan fingerprint density at radius 2 is 1.52 bits per heavy atom. The molecule has 126 valence electrons. The SMILES string of the molecule is SC(C[C@H]1CC[C@@H](C2CCCCC2)CC1)=Nc1ccc(Cl)cc1. The van der Waals surface area contributed by atoms with Crippen molar-refractivity contribution in [2.45, 2.75) is 64.2 Å². The van der Waals surface area contributed by atoms with E-state index in [1.807, 2.05) is 24.3 Å². The second-order valence-electron chi connectivity index (χ2n) is 7.39. The second kappa shape index (κ2) is 8.58. The maximum Gasteiger partial charge on any atom is 0.0710 e. The standard InChI is InChI=1S/C20H28ClNS/c21-18-10-12-19(13-11-18)22-20(23)14-15-6-8-17(9-7-15)16-4-2-1-3-5-16/h10-13,15-17H,1-9,14H2,(H,22,23)/t15-,17+. The highest BCUT2D eigenvalue weighted by Crippen LogP contribution is 2.40. The number of hydrogen-bond acceptors (Lipinski definition) is 1. The predicted molar refractivity (Wildman–Crippen MR) is 104 cm³/mol. The summed E-state index contributed by atoms with van der Waals surface area (Å²) in [4.78, 5) is 4.63. The molecule has 1 aromatic rings. The largest absolute Gasteiger partial charge is 0.247 e. The highest BCUT2D eigenvalue weighted by Gasteiger charge is 2.28. The van der Waals surface area contributed by atoms with E-state index in [0.29, 0.717) is 0 Å². The van der Waals surface area contributed by atoms with Crippen molar-refractivity contribution in [3.8, 4) is 0 Å². The first kappa shape index (κ1) is 17.4. The van der Waals surface area contributed by atoms with Gasteiger partial charge in [-0.25, -0.2) is 4.99 Å². The quantitative estimate of drug-likeness (QED) is 0.339. The van der Waals surface area contributed by atoms with E-state index in [-0.39, 0.29) is 0 Å². The van der Waals surface area contributed by atoms with Gasteiger partial charge in [0.1, 0.15) is 0 Å².